The summed E-state index contributed by atoms with van der Waals surface area (Å²) in [6, 6.07) is 17.0. The third-order valence-electron chi connectivity index (χ3n) is 3.84. The molecule has 7 heteroatoms. The van der Waals surface area contributed by atoms with Crippen LogP contribution in [-0.2, 0) is 16.6 Å². The van der Waals surface area contributed by atoms with E-state index in [1.807, 2.05) is 48.1 Å². The number of carbonyl (C=O) groups excluding carboxylic acids is 2. The molecule has 138 valence electrons. The highest BCUT2D eigenvalue weighted by molar-refractivity contribution is 7.99. The molecule has 2 aromatic carbocycles. The molecule has 3 rings (SSSR count). The first-order chi connectivity index (χ1) is 13.0. The van der Waals surface area contributed by atoms with E-state index >= 15 is 0 Å². The van der Waals surface area contributed by atoms with Crippen LogP contribution in [0, 0.1) is 0 Å². The number of imidazole rings is 1. The zero-order chi connectivity index (χ0) is 19.2. The Balaban J connectivity index is 1.57. The summed E-state index contributed by atoms with van der Waals surface area (Å²) < 4.78 is 1.98. The SMILES string of the molecule is CC(=O)Nc1ccc(NC(=O)CSc2ncc(-c3ccccc3)n2C)cc1. The highest BCUT2D eigenvalue weighted by Gasteiger charge is 2.11. The number of nitrogens with one attached hydrogen (secondary N) is 2. The van der Waals surface area contributed by atoms with Crippen LogP contribution in [0.5, 0.6) is 0 Å². The lowest BCUT2D eigenvalue weighted by Gasteiger charge is -2.08. The van der Waals surface area contributed by atoms with Gasteiger partial charge in [0, 0.05) is 25.3 Å². The Morgan fingerprint density at radius 3 is 2.26 bits per heavy atom. The van der Waals surface area contributed by atoms with Gasteiger partial charge in [0.05, 0.1) is 17.6 Å². The van der Waals surface area contributed by atoms with Crippen molar-refractivity contribution < 1.29 is 9.59 Å². The fourth-order valence-corrected chi connectivity index (χ4v) is 3.32. The molecule has 0 saturated heterocycles. The van der Waals surface area contributed by atoms with E-state index in [0.29, 0.717) is 11.4 Å². The fraction of sp³-hybridized carbons (Fsp3) is 0.150. The maximum Gasteiger partial charge on any atom is 0.234 e. The molecule has 1 aromatic heterocycles. The van der Waals surface area contributed by atoms with Crippen LogP contribution < -0.4 is 10.6 Å². The number of thioether (sulfide) groups is 1. The second-order valence-electron chi connectivity index (χ2n) is 5.95. The standard InChI is InChI=1S/C20H20N4O2S/c1-14(25)22-16-8-10-17(11-9-16)23-19(26)13-27-20-21-12-18(24(20)2)15-6-4-3-5-7-15/h3-12H,13H2,1-2H3,(H,22,25)(H,23,26). The normalized spacial score (nSPS) is 10.4. The maximum atomic E-state index is 12.2. The number of hydrogen-bond acceptors (Lipinski definition) is 4. The molecular weight excluding hydrogens is 360 g/mol. The Labute approximate surface area is 162 Å². The van der Waals surface area contributed by atoms with Gasteiger partial charge >= 0.3 is 0 Å². The lowest BCUT2D eigenvalue weighted by atomic mass is 10.2. The predicted octanol–water partition coefficient (Wildman–Crippen LogP) is 3.78. The van der Waals surface area contributed by atoms with Gasteiger partial charge in [0.25, 0.3) is 0 Å². The van der Waals surface area contributed by atoms with Gasteiger partial charge in [0.2, 0.25) is 11.8 Å². The zero-order valence-electron chi connectivity index (χ0n) is 15.1. The average Bonchev–Trinajstić information content (AvgIpc) is 3.02. The van der Waals surface area contributed by atoms with Gasteiger partial charge in [0.15, 0.2) is 5.16 Å². The Kier molecular flexibility index (Phi) is 5.93. The quantitative estimate of drug-likeness (QED) is 0.638. The highest BCUT2D eigenvalue weighted by atomic mass is 32.2. The van der Waals surface area contributed by atoms with Gasteiger partial charge in [-0.3, -0.25) is 9.59 Å². The van der Waals surface area contributed by atoms with Crippen molar-refractivity contribution in [2.75, 3.05) is 16.4 Å². The minimum atomic E-state index is -0.131. The first kappa shape index (κ1) is 18.7. The Morgan fingerprint density at radius 2 is 1.63 bits per heavy atom. The molecule has 2 N–H and O–H groups in total. The summed E-state index contributed by atoms with van der Waals surface area (Å²) in [6.45, 7) is 1.45. The van der Waals surface area contributed by atoms with Crippen molar-refractivity contribution in [1.29, 1.82) is 0 Å². The molecule has 0 aliphatic rings. The molecule has 1 heterocycles. The van der Waals surface area contributed by atoms with Gasteiger partial charge in [-0.25, -0.2) is 4.98 Å². The first-order valence-electron chi connectivity index (χ1n) is 8.40. The maximum absolute atomic E-state index is 12.2. The molecule has 2 amide bonds. The van der Waals surface area contributed by atoms with E-state index in [-0.39, 0.29) is 17.6 Å². The number of nitrogens with zero attached hydrogens (tertiary/aromatic N) is 2. The van der Waals surface area contributed by atoms with Crippen LogP contribution in [-0.4, -0.2) is 27.1 Å². The molecule has 0 spiro atoms. The van der Waals surface area contributed by atoms with Crippen molar-refractivity contribution in [3.8, 4) is 11.3 Å². The van der Waals surface area contributed by atoms with E-state index in [9.17, 15) is 9.59 Å². The van der Waals surface area contributed by atoms with Crippen molar-refractivity contribution in [2.24, 2.45) is 7.05 Å². The highest BCUT2D eigenvalue weighted by Crippen LogP contribution is 2.24. The number of aromatic nitrogens is 2. The smallest absolute Gasteiger partial charge is 0.234 e. The number of anilines is 2. The average molecular weight is 380 g/mol. The van der Waals surface area contributed by atoms with Gasteiger partial charge in [0.1, 0.15) is 0 Å². The Morgan fingerprint density at radius 1 is 1.00 bits per heavy atom. The fourth-order valence-electron chi connectivity index (χ4n) is 2.57. The molecule has 6 nitrogen and oxygen atoms in total. The topological polar surface area (TPSA) is 76.0 Å². The molecule has 0 saturated carbocycles. The zero-order valence-corrected chi connectivity index (χ0v) is 15.9. The van der Waals surface area contributed by atoms with Gasteiger partial charge in [-0.1, -0.05) is 42.1 Å². The number of amides is 2. The number of hydrogen-bond donors (Lipinski definition) is 2. The monoisotopic (exact) mass is 380 g/mol. The predicted molar refractivity (Wildman–Crippen MR) is 109 cm³/mol. The van der Waals surface area contributed by atoms with Crippen LogP contribution in [0.3, 0.4) is 0 Å². The van der Waals surface area contributed by atoms with Crippen LogP contribution in [0.25, 0.3) is 11.3 Å². The summed E-state index contributed by atoms with van der Waals surface area (Å²) in [5.41, 5.74) is 3.46. The summed E-state index contributed by atoms with van der Waals surface area (Å²) in [5.74, 6) is 0.0108. The molecule has 0 unspecified atom stereocenters. The molecule has 0 atom stereocenters. The van der Waals surface area contributed by atoms with Crippen molar-refractivity contribution in [1.82, 2.24) is 9.55 Å². The lowest BCUT2D eigenvalue weighted by molar-refractivity contribution is -0.114. The number of carbonyl (C=O) groups is 2. The summed E-state index contributed by atoms with van der Waals surface area (Å²) in [5, 5.41) is 6.31. The van der Waals surface area contributed by atoms with Crippen LogP contribution in [0.4, 0.5) is 11.4 Å². The van der Waals surface area contributed by atoms with E-state index in [1.54, 1.807) is 24.3 Å². The molecule has 0 aliphatic heterocycles. The van der Waals surface area contributed by atoms with E-state index in [4.69, 9.17) is 0 Å². The largest absolute Gasteiger partial charge is 0.326 e. The second-order valence-corrected chi connectivity index (χ2v) is 6.89. The van der Waals surface area contributed by atoms with Crippen molar-refractivity contribution in [3.63, 3.8) is 0 Å². The summed E-state index contributed by atoms with van der Waals surface area (Å²) in [4.78, 5) is 27.6. The first-order valence-corrected chi connectivity index (χ1v) is 9.39. The van der Waals surface area contributed by atoms with Crippen molar-refractivity contribution >= 4 is 35.0 Å². The lowest BCUT2D eigenvalue weighted by Crippen LogP contribution is -2.14. The van der Waals surface area contributed by atoms with E-state index < -0.39 is 0 Å². The summed E-state index contributed by atoms with van der Waals surface area (Å²) in [7, 11) is 1.94. The Hall–Kier alpha value is -3.06. The molecule has 0 fully saturated rings. The molecule has 0 aliphatic carbocycles. The molecule has 0 bridgehead atoms. The van der Waals surface area contributed by atoms with Crippen LogP contribution in [0.15, 0.2) is 66.0 Å². The van der Waals surface area contributed by atoms with E-state index in [0.717, 1.165) is 16.4 Å². The van der Waals surface area contributed by atoms with Crippen LogP contribution in [0.2, 0.25) is 0 Å². The number of benzene rings is 2. The van der Waals surface area contributed by atoms with Gasteiger partial charge in [-0.05, 0) is 29.8 Å². The molecular formula is C20H20N4O2S. The van der Waals surface area contributed by atoms with E-state index in [1.165, 1.54) is 18.7 Å². The third-order valence-corrected chi connectivity index (χ3v) is 4.88. The summed E-state index contributed by atoms with van der Waals surface area (Å²) >= 11 is 1.38. The molecule has 27 heavy (non-hydrogen) atoms. The Bertz CT molecular complexity index is 936. The summed E-state index contributed by atoms with van der Waals surface area (Å²) in [6.07, 6.45) is 1.82. The van der Waals surface area contributed by atoms with Gasteiger partial charge in [-0.2, -0.15) is 0 Å². The number of rotatable bonds is 6. The van der Waals surface area contributed by atoms with Gasteiger partial charge in [-0.15, -0.1) is 0 Å². The van der Waals surface area contributed by atoms with Crippen LogP contribution in [0.1, 0.15) is 6.92 Å². The van der Waals surface area contributed by atoms with Crippen molar-refractivity contribution in [2.45, 2.75) is 12.1 Å². The third kappa shape index (κ3) is 4.98. The van der Waals surface area contributed by atoms with Crippen molar-refractivity contribution in [3.05, 3.63) is 60.8 Å². The second kappa shape index (κ2) is 8.55. The molecule has 0 radical (unpaired) electrons. The molecule has 3 aromatic rings. The minimum absolute atomic E-state index is 0.114. The van der Waals surface area contributed by atoms with Gasteiger partial charge < -0.3 is 15.2 Å². The van der Waals surface area contributed by atoms with Crippen LogP contribution >= 0.6 is 11.8 Å². The van der Waals surface area contributed by atoms with E-state index in [2.05, 4.69) is 15.6 Å². The minimum Gasteiger partial charge on any atom is -0.326 e.